The molecule has 0 bridgehead atoms. The summed E-state index contributed by atoms with van der Waals surface area (Å²) < 4.78 is 5.87. The second-order valence-corrected chi connectivity index (χ2v) is 5.58. The van der Waals surface area contributed by atoms with Crippen LogP contribution in [0.5, 0.6) is 11.6 Å². The quantitative estimate of drug-likeness (QED) is 0.781. The van der Waals surface area contributed by atoms with Crippen molar-refractivity contribution < 1.29 is 4.74 Å². The lowest BCUT2D eigenvalue weighted by molar-refractivity contribution is 0.450. The standard InChI is InChI=1S/C16H16ClN3O/c1-9(2)16-19-13(17)7-14(20-16)21-15-10(3)5-12(8-18)6-11(15)4/h5-7,9H,1-4H3. The Morgan fingerprint density at radius 2 is 1.76 bits per heavy atom. The molecule has 108 valence electrons. The highest BCUT2D eigenvalue weighted by Gasteiger charge is 2.12. The minimum absolute atomic E-state index is 0.161. The summed E-state index contributed by atoms with van der Waals surface area (Å²) in [5.41, 5.74) is 2.38. The van der Waals surface area contributed by atoms with Crippen LogP contribution in [0.25, 0.3) is 0 Å². The molecule has 2 rings (SSSR count). The van der Waals surface area contributed by atoms with Crippen LogP contribution in [0.1, 0.15) is 42.3 Å². The molecule has 0 amide bonds. The molecule has 21 heavy (non-hydrogen) atoms. The van der Waals surface area contributed by atoms with Gasteiger partial charge in [0, 0.05) is 12.0 Å². The highest BCUT2D eigenvalue weighted by Crippen LogP contribution is 2.30. The first-order valence-corrected chi connectivity index (χ1v) is 7.02. The van der Waals surface area contributed by atoms with Crippen LogP contribution in [0, 0.1) is 25.2 Å². The predicted octanol–water partition coefficient (Wildman–Crippen LogP) is 4.53. The van der Waals surface area contributed by atoms with Gasteiger partial charge in [-0.3, -0.25) is 0 Å². The minimum atomic E-state index is 0.161. The second kappa shape index (κ2) is 6.11. The van der Waals surface area contributed by atoms with Crippen molar-refractivity contribution in [2.75, 3.05) is 0 Å². The highest BCUT2D eigenvalue weighted by molar-refractivity contribution is 6.29. The third-order valence-electron chi connectivity index (χ3n) is 3.00. The molecule has 4 nitrogen and oxygen atoms in total. The van der Waals surface area contributed by atoms with Crippen LogP contribution in [0.4, 0.5) is 0 Å². The summed E-state index contributed by atoms with van der Waals surface area (Å²) in [4.78, 5) is 8.55. The number of hydrogen-bond donors (Lipinski definition) is 0. The van der Waals surface area contributed by atoms with Crippen LogP contribution in [0.15, 0.2) is 18.2 Å². The van der Waals surface area contributed by atoms with E-state index in [0.717, 1.165) is 11.1 Å². The van der Waals surface area contributed by atoms with Gasteiger partial charge < -0.3 is 4.74 Å². The normalized spacial score (nSPS) is 10.5. The van der Waals surface area contributed by atoms with Crippen LogP contribution in [-0.2, 0) is 0 Å². The Labute approximate surface area is 129 Å². The third kappa shape index (κ3) is 3.50. The molecule has 0 radical (unpaired) electrons. The van der Waals surface area contributed by atoms with Gasteiger partial charge in [-0.15, -0.1) is 0 Å². The number of aromatic nitrogens is 2. The first kappa shape index (κ1) is 15.3. The number of ether oxygens (including phenoxy) is 1. The van der Waals surface area contributed by atoms with Crippen LogP contribution >= 0.6 is 11.6 Å². The van der Waals surface area contributed by atoms with Crippen molar-refractivity contribution in [1.29, 1.82) is 5.26 Å². The molecule has 0 aliphatic rings. The molecule has 0 saturated heterocycles. The van der Waals surface area contributed by atoms with Gasteiger partial charge in [0.2, 0.25) is 5.88 Å². The molecule has 1 aromatic heterocycles. The van der Waals surface area contributed by atoms with Gasteiger partial charge in [-0.05, 0) is 37.1 Å². The molecular weight excluding hydrogens is 286 g/mol. The topological polar surface area (TPSA) is 58.8 Å². The molecule has 0 spiro atoms. The van der Waals surface area contributed by atoms with Gasteiger partial charge >= 0.3 is 0 Å². The maximum absolute atomic E-state index is 8.97. The van der Waals surface area contributed by atoms with E-state index in [9.17, 15) is 0 Å². The molecular formula is C16H16ClN3O. The molecule has 0 saturated carbocycles. The van der Waals surface area contributed by atoms with E-state index in [0.29, 0.717) is 28.2 Å². The van der Waals surface area contributed by atoms with Gasteiger partial charge in [0.25, 0.3) is 0 Å². The first-order valence-electron chi connectivity index (χ1n) is 6.64. The molecule has 5 heteroatoms. The Morgan fingerprint density at radius 3 is 2.29 bits per heavy atom. The van der Waals surface area contributed by atoms with Crippen molar-refractivity contribution in [3.05, 3.63) is 45.9 Å². The van der Waals surface area contributed by atoms with Gasteiger partial charge in [0.15, 0.2) is 0 Å². The summed E-state index contributed by atoms with van der Waals surface area (Å²) in [7, 11) is 0. The van der Waals surface area contributed by atoms with E-state index in [1.165, 1.54) is 0 Å². The second-order valence-electron chi connectivity index (χ2n) is 5.19. The number of rotatable bonds is 3. The lowest BCUT2D eigenvalue weighted by Crippen LogP contribution is -2.01. The van der Waals surface area contributed by atoms with E-state index in [1.54, 1.807) is 18.2 Å². The fourth-order valence-electron chi connectivity index (χ4n) is 2.00. The van der Waals surface area contributed by atoms with E-state index >= 15 is 0 Å². The van der Waals surface area contributed by atoms with Crippen molar-refractivity contribution in [2.45, 2.75) is 33.6 Å². The summed E-state index contributed by atoms with van der Waals surface area (Å²) in [5, 5.41) is 9.33. The van der Waals surface area contributed by atoms with Crippen LogP contribution in [0.2, 0.25) is 5.15 Å². The molecule has 0 fully saturated rings. The van der Waals surface area contributed by atoms with Gasteiger partial charge in [-0.2, -0.15) is 10.2 Å². The molecule has 0 atom stereocenters. The van der Waals surface area contributed by atoms with Crippen molar-refractivity contribution in [3.63, 3.8) is 0 Å². The van der Waals surface area contributed by atoms with Crippen LogP contribution < -0.4 is 4.74 Å². The van der Waals surface area contributed by atoms with E-state index in [1.807, 2.05) is 27.7 Å². The van der Waals surface area contributed by atoms with E-state index < -0.39 is 0 Å². The van der Waals surface area contributed by atoms with Crippen molar-refractivity contribution >= 4 is 11.6 Å². The molecule has 0 aliphatic heterocycles. The maximum atomic E-state index is 8.97. The molecule has 1 aromatic carbocycles. The van der Waals surface area contributed by atoms with Crippen molar-refractivity contribution in [1.82, 2.24) is 9.97 Å². The molecule has 0 aliphatic carbocycles. The number of aryl methyl sites for hydroxylation is 2. The fourth-order valence-corrected chi connectivity index (χ4v) is 2.18. The number of halogens is 1. The molecule has 0 N–H and O–H groups in total. The van der Waals surface area contributed by atoms with E-state index in [-0.39, 0.29) is 5.92 Å². The summed E-state index contributed by atoms with van der Waals surface area (Å²) >= 11 is 6.01. The largest absolute Gasteiger partial charge is 0.438 e. The smallest absolute Gasteiger partial charge is 0.224 e. The zero-order chi connectivity index (χ0) is 15.6. The van der Waals surface area contributed by atoms with E-state index in [4.69, 9.17) is 21.6 Å². The Morgan fingerprint density at radius 1 is 1.14 bits per heavy atom. The predicted molar refractivity (Wildman–Crippen MR) is 81.8 cm³/mol. The summed E-state index contributed by atoms with van der Waals surface area (Å²) in [5.74, 6) is 1.91. The first-order chi connectivity index (χ1) is 9.90. The molecule has 0 unspecified atom stereocenters. The maximum Gasteiger partial charge on any atom is 0.224 e. The van der Waals surface area contributed by atoms with E-state index in [2.05, 4.69) is 16.0 Å². The van der Waals surface area contributed by atoms with Gasteiger partial charge in [0.05, 0.1) is 11.6 Å². The number of nitrogens with zero attached hydrogens (tertiary/aromatic N) is 3. The van der Waals surface area contributed by atoms with Gasteiger partial charge in [-0.1, -0.05) is 25.4 Å². The Kier molecular flexibility index (Phi) is 4.44. The summed E-state index contributed by atoms with van der Waals surface area (Å²) in [6.45, 7) is 7.78. The third-order valence-corrected chi connectivity index (χ3v) is 3.19. The Hall–Kier alpha value is -2.12. The monoisotopic (exact) mass is 301 g/mol. The number of hydrogen-bond acceptors (Lipinski definition) is 4. The molecule has 1 heterocycles. The number of benzene rings is 1. The minimum Gasteiger partial charge on any atom is -0.438 e. The van der Waals surface area contributed by atoms with Crippen LogP contribution in [-0.4, -0.2) is 9.97 Å². The Bertz CT molecular complexity index is 697. The average Bonchev–Trinajstić information content (AvgIpc) is 2.42. The summed E-state index contributed by atoms with van der Waals surface area (Å²) in [6, 6.07) is 7.29. The van der Waals surface area contributed by atoms with Crippen LogP contribution in [0.3, 0.4) is 0 Å². The van der Waals surface area contributed by atoms with Crippen molar-refractivity contribution in [3.8, 4) is 17.7 Å². The lowest BCUT2D eigenvalue weighted by Gasteiger charge is -2.13. The highest BCUT2D eigenvalue weighted by atomic mass is 35.5. The molecule has 2 aromatic rings. The fraction of sp³-hybridized carbons (Fsp3) is 0.312. The lowest BCUT2D eigenvalue weighted by atomic mass is 10.1. The summed E-state index contributed by atoms with van der Waals surface area (Å²) in [6.07, 6.45) is 0. The SMILES string of the molecule is Cc1cc(C#N)cc(C)c1Oc1cc(Cl)nc(C(C)C)n1. The van der Waals surface area contributed by atoms with Gasteiger partial charge in [-0.25, -0.2) is 4.98 Å². The Balaban J connectivity index is 2.41. The van der Waals surface area contributed by atoms with Crippen molar-refractivity contribution in [2.24, 2.45) is 0 Å². The zero-order valence-corrected chi connectivity index (χ0v) is 13.2. The van der Waals surface area contributed by atoms with Gasteiger partial charge in [0.1, 0.15) is 16.7 Å². The average molecular weight is 302 g/mol. The zero-order valence-electron chi connectivity index (χ0n) is 12.4. The number of nitriles is 1.